The Morgan fingerprint density at radius 1 is 1.18 bits per heavy atom. The summed E-state index contributed by atoms with van der Waals surface area (Å²) < 4.78 is 5.95. The van der Waals surface area contributed by atoms with Crippen molar-refractivity contribution in [1.29, 1.82) is 0 Å². The number of hydrogen-bond donors (Lipinski definition) is 0. The summed E-state index contributed by atoms with van der Waals surface area (Å²) in [5.41, 5.74) is 1.41. The van der Waals surface area contributed by atoms with Crippen LogP contribution in [0.1, 0.15) is 38.3 Å². The van der Waals surface area contributed by atoms with Crippen LogP contribution >= 0.6 is 0 Å². The molecule has 17 heavy (non-hydrogen) atoms. The van der Waals surface area contributed by atoms with Crippen molar-refractivity contribution in [2.75, 3.05) is 6.61 Å². The van der Waals surface area contributed by atoms with Crippen LogP contribution in [0.25, 0.3) is 0 Å². The molecule has 0 amide bonds. The average molecular weight is 231 g/mol. The van der Waals surface area contributed by atoms with Crippen molar-refractivity contribution in [2.24, 2.45) is 5.92 Å². The van der Waals surface area contributed by atoms with Crippen molar-refractivity contribution in [2.45, 2.75) is 45.0 Å². The van der Waals surface area contributed by atoms with Crippen molar-refractivity contribution in [3.8, 4) is 0 Å². The minimum absolute atomic E-state index is 0.368. The average Bonchev–Trinajstić information content (AvgIpc) is 2.90. The molecule has 2 fully saturated rings. The number of rotatable bonds is 2. The summed E-state index contributed by atoms with van der Waals surface area (Å²) in [6.07, 6.45) is 2.85. The number of benzene rings is 1. The van der Waals surface area contributed by atoms with E-state index in [0.29, 0.717) is 24.2 Å². The second-order valence-corrected chi connectivity index (χ2v) is 5.55. The summed E-state index contributed by atoms with van der Waals surface area (Å²) in [5.74, 6) is 0.716. The van der Waals surface area contributed by atoms with Gasteiger partial charge in [-0.3, -0.25) is 4.90 Å². The molecule has 2 aliphatic heterocycles. The van der Waals surface area contributed by atoms with Crippen molar-refractivity contribution < 1.29 is 4.74 Å². The van der Waals surface area contributed by atoms with Gasteiger partial charge in [0.1, 0.15) is 6.23 Å². The maximum Gasteiger partial charge on any atom is 0.111 e. The van der Waals surface area contributed by atoms with Crippen molar-refractivity contribution in [3.05, 3.63) is 35.9 Å². The molecule has 92 valence electrons. The van der Waals surface area contributed by atoms with Crippen LogP contribution in [0.15, 0.2) is 30.3 Å². The van der Waals surface area contributed by atoms with Gasteiger partial charge in [-0.15, -0.1) is 0 Å². The molecule has 0 radical (unpaired) electrons. The minimum atomic E-state index is 0.368. The monoisotopic (exact) mass is 231 g/mol. The number of ether oxygens (including phenoxy) is 1. The molecule has 1 aromatic rings. The lowest BCUT2D eigenvalue weighted by atomic mass is 9.99. The maximum absolute atomic E-state index is 5.95. The first-order valence-corrected chi connectivity index (χ1v) is 6.71. The van der Waals surface area contributed by atoms with E-state index in [-0.39, 0.29) is 0 Å². The zero-order chi connectivity index (χ0) is 11.8. The Morgan fingerprint density at radius 2 is 1.94 bits per heavy atom. The standard InChI is InChI=1S/C15H21NO/c1-11(2)13-8-9-15-16(13)14(10-17-15)12-6-4-3-5-7-12/h3-7,11,13-15H,8-10H2,1-2H3/t13-,14+,15+/m0/s1. The van der Waals surface area contributed by atoms with Crippen LogP contribution in [0.3, 0.4) is 0 Å². The molecule has 0 unspecified atom stereocenters. The molecule has 3 atom stereocenters. The maximum atomic E-state index is 5.95. The third kappa shape index (κ3) is 1.90. The van der Waals surface area contributed by atoms with Crippen LogP contribution < -0.4 is 0 Å². The summed E-state index contributed by atoms with van der Waals surface area (Å²) in [7, 11) is 0. The second kappa shape index (κ2) is 4.43. The Morgan fingerprint density at radius 3 is 2.65 bits per heavy atom. The molecule has 0 saturated carbocycles. The highest BCUT2D eigenvalue weighted by Crippen LogP contribution is 2.41. The van der Waals surface area contributed by atoms with Gasteiger partial charge >= 0.3 is 0 Å². The van der Waals surface area contributed by atoms with Crippen LogP contribution in [0.5, 0.6) is 0 Å². The first kappa shape index (κ1) is 11.2. The predicted molar refractivity (Wildman–Crippen MR) is 68.6 cm³/mol. The second-order valence-electron chi connectivity index (χ2n) is 5.55. The van der Waals surface area contributed by atoms with Gasteiger partial charge in [-0.1, -0.05) is 44.2 Å². The fraction of sp³-hybridized carbons (Fsp3) is 0.600. The molecule has 2 nitrogen and oxygen atoms in total. The van der Waals surface area contributed by atoms with Crippen LogP contribution in [-0.4, -0.2) is 23.8 Å². The normalized spacial score (nSPS) is 33.2. The highest BCUT2D eigenvalue weighted by Gasteiger charge is 2.44. The predicted octanol–water partition coefficient (Wildman–Crippen LogP) is 3.20. The van der Waals surface area contributed by atoms with Gasteiger partial charge in [-0.2, -0.15) is 0 Å². The third-order valence-electron chi connectivity index (χ3n) is 4.19. The molecule has 0 bridgehead atoms. The van der Waals surface area contributed by atoms with E-state index in [1.54, 1.807) is 0 Å². The Hall–Kier alpha value is -0.860. The minimum Gasteiger partial charge on any atom is -0.361 e. The third-order valence-corrected chi connectivity index (χ3v) is 4.19. The van der Waals surface area contributed by atoms with Gasteiger partial charge in [0, 0.05) is 6.04 Å². The summed E-state index contributed by atoms with van der Waals surface area (Å²) in [6.45, 7) is 5.51. The first-order chi connectivity index (χ1) is 8.27. The Balaban J connectivity index is 1.87. The van der Waals surface area contributed by atoms with Crippen LogP contribution in [-0.2, 0) is 4.74 Å². The zero-order valence-corrected chi connectivity index (χ0v) is 10.7. The lowest BCUT2D eigenvalue weighted by Crippen LogP contribution is -2.37. The number of nitrogens with zero attached hydrogens (tertiary/aromatic N) is 1. The Bertz CT molecular complexity index is 376. The fourth-order valence-corrected chi connectivity index (χ4v) is 3.34. The molecular formula is C15H21NO. The van der Waals surface area contributed by atoms with Crippen LogP contribution in [0, 0.1) is 5.92 Å². The van der Waals surface area contributed by atoms with E-state index in [1.165, 1.54) is 18.4 Å². The van der Waals surface area contributed by atoms with Crippen molar-refractivity contribution >= 4 is 0 Å². The summed E-state index contributed by atoms with van der Waals surface area (Å²) in [4.78, 5) is 2.61. The van der Waals surface area contributed by atoms with E-state index < -0.39 is 0 Å². The Kier molecular flexibility index (Phi) is 2.93. The lowest BCUT2D eigenvalue weighted by Gasteiger charge is -2.31. The molecule has 0 spiro atoms. The zero-order valence-electron chi connectivity index (χ0n) is 10.7. The van der Waals surface area contributed by atoms with E-state index in [4.69, 9.17) is 4.74 Å². The molecular weight excluding hydrogens is 210 g/mol. The number of hydrogen-bond acceptors (Lipinski definition) is 2. The van der Waals surface area contributed by atoms with Crippen molar-refractivity contribution in [1.82, 2.24) is 4.90 Å². The molecule has 2 heteroatoms. The van der Waals surface area contributed by atoms with E-state index in [9.17, 15) is 0 Å². The molecule has 0 aromatic heterocycles. The van der Waals surface area contributed by atoms with Crippen molar-refractivity contribution in [3.63, 3.8) is 0 Å². The molecule has 2 heterocycles. The van der Waals surface area contributed by atoms with E-state index in [2.05, 4.69) is 49.1 Å². The van der Waals surface area contributed by atoms with Crippen LogP contribution in [0.2, 0.25) is 0 Å². The van der Waals surface area contributed by atoms with Gasteiger partial charge in [0.05, 0.1) is 12.6 Å². The smallest absolute Gasteiger partial charge is 0.111 e. The van der Waals surface area contributed by atoms with E-state index in [1.807, 2.05) is 0 Å². The lowest BCUT2D eigenvalue weighted by molar-refractivity contribution is 0.0386. The molecule has 2 saturated heterocycles. The Labute approximate surface area is 104 Å². The molecule has 2 aliphatic rings. The summed E-state index contributed by atoms with van der Waals surface area (Å²) in [5, 5.41) is 0. The fourth-order valence-electron chi connectivity index (χ4n) is 3.34. The molecule has 3 rings (SSSR count). The molecule has 1 aromatic carbocycles. The quantitative estimate of drug-likeness (QED) is 0.775. The van der Waals surface area contributed by atoms with Gasteiger partial charge < -0.3 is 4.74 Å². The topological polar surface area (TPSA) is 12.5 Å². The SMILES string of the molecule is CC(C)[C@@H]1CC[C@H]2OC[C@H](c3ccccc3)N21. The highest BCUT2D eigenvalue weighted by molar-refractivity contribution is 5.21. The first-order valence-electron chi connectivity index (χ1n) is 6.71. The van der Waals surface area contributed by atoms with Gasteiger partial charge in [-0.05, 0) is 24.3 Å². The van der Waals surface area contributed by atoms with Gasteiger partial charge in [0.25, 0.3) is 0 Å². The summed E-state index contributed by atoms with van der Waals surface area (Å²) >= 11 is 0. The number of fused-ring (bicyclic) bond motifs is 1. The van der Waals surface area contributed by atoms with Gasteiger partial charge in [0.15, 0.2) is 0 Å². The van der Waals surface area contributed by atoms with E-state index >= 15 is 0 Å². The molecule has 0 aliphatic carbocycles. The summed E-state index contributed by atoms with van der Waals surface area (Å²) in [6, 6.07) is 12.0. The van der Waals surface area contributed by atoms with Gasteiger partial charge in [0.2, 0.25) is 0 Å². The molecule has 0 N–H and O–H groups in total. The highest BCUT2D eigenvalue weighted by atomic mass is 16.5. The van der Waals surface area contributed by atoms with Crippen LogP contribution in [0.4, 0.5) is 0 Å². The van der Waals surface area contributed by atoms with Gasteiger partial charge in [-0.25, -0.2) is 0 Å². The largest absolute Gasteiger partial charge is 0.361 e. The van der Waals surface area contributed by atoms with E-state index in [0.717, 1.165) is 6.61 Å².